The molecule has 1 aliphatic rings. The molecule has 0 bridgehead atoms. The summed E-state index contributed by atoms with van der Waals surface area (Å²) in [5, 5.41) is 0. The highest BCUT2D eigenvalue weighted by Gasteiger charge is 2.24. The van der Waals surface area contributed by atoms with Crippen LogP contribution in [0.5, 0.6) is 0 Å². The van der Waals surface area contributed by atoms with Crippen molar-refractivity contribution in [2.75, 3.05) is 6.61 Å². The zero-order valence-corrected chi connectivity index (χ0v) is 10.8. The molecule has 0 aliphatic heterocycles. The van der Waals surface area contributed by atoms with E-state index in [0.29, 0.717) is 13.0 Å². The summed E-state index contributed by atoms with van der Waals surface area (Å²) in [6.07, 6.45) is 5.30. The Bertz CT molecular complexity index is 229. The number of ether oxygens (including phenoxy) is 1. The van der Waals surface area contributed by atoms with Crippen LogP contribution in [-0.4, -0.2) is 18.6 Å². The largest absolute Gasteiger partial charge is 0.466 e. The van der Waals surface area contributed by atoms with Gasteiger partial charge in [-0.2, -0.15) is 0 Å². The number of rotatable bonds is 5. The topological polar surface area (TPSA) is 52.3 Å². The first-order valence-corrected chi connectivity index (χ1v) is 6.31. The van der Waals surface area contributed by atoms with Crippen molar-refractivity contribution in [1.29, 1.82) is 0 Å². The van der Waals surface area contributed by atoms with Crippen LogP contribution in [0.2, 0.25) is 0 Å². The van der Waals surface area contributed by atoms with Crippen LogP contribution in [0.4, 0.5) is 0 Å². The van der Waals surface area contributed by atoms with E-state index in [1.54, 1.807) is 0 Å². The predicted molar refractivity (Wildman–Crippen MR) is 65.0 cm³/mol. The van der Waals surface area contributed by atoms with Gasteiger partial charge in [0, 0.05) is 6.04 Å². The third-order valence-corrected chi connectivity index (χ3v) is 3.51. The van der Waals surface area contributed by atoms with Gasteiger partial charge in [0.25, 0.3) is 0 Å². The first-order valence-electron chi connectivity index (χ1n) is 6.31. The Hall–Kier alpha value is -0.570. The third kappa shape index (κ3) is 4.52. The third-order valence-electron chi connectivity index (χ3n) is 3.51. The standard InChI is InChI=1S/C13H25NO2/c1-13(2,3)11(14)9-12(15)16-8-7-10-5-4-6-10/h10-11H,4-9,14H2,1-3H3. The van der Waals surface area contributed by atoms with Gasteiger partial charge in [0.05, 0.1) is 13.0 Å². The molecule has 0 aromatic carbocycles. The first-order chi connectivity index (χ1) is 7.39. The van der Waals surface area contributed by atoms with Crippen LogP contribution in [0, 0.1) is 11.3 Å². The quantitative estimate of drug-likeness (QED) is 0.734. The Morgan fingerprint density at radius 3 is 2.50 bits per heavy atom. The molecule has 3 nitrogen and oxygen atoms in total. The summed E-state index contributed by atoms with van der Waals surface area (Å²) >= 11 is 0. The van der Waals surface area contributed by atoms with E-state index in [-0.39, 0.29) is 17.4 Å². The summed E-state index contributed by atoms with van der Waals surface area (Å²) in [5.74, 6) is 0.644. The minimum Gasteiger partial charge on any atom is -0.466 e. The number of hydrogen-bond acceptors (Lipinski definition) is 3. The summed E-state index contributed by atoms with van der Waals surface area (Å²) in [5.41, 5.74) is 5.88. The van der Waals surface area contributed by atoms with Crippen LogP contribution < -0.4 is 5.73 Å². The lowest BCUT2D eigenvalue weighted by atomic mass is 9.83. The summed E-state index contributed by atoms with van der Waals surface area (Å²) in [6.45, 7) is 6.69. The fourth-order valence-corrected chi connectivity index (χ4v) is 1.67. The fourth-order valence-electron chi connectivity index (χ4n) is 1.67. The molecule has 0 aromatic heterocycles. The highest BCUT2D eigenvalue weighted by atomic mass is 16.5. The molecular weight excluding hydrogens is 202 g/mol. The second-order valence-corrected chi connectivity index (χ2v) is 5.98. The molecule has 1 unspecified atom stereocenters. The number of hydrogen-bond donors (Lipinski definition) is 1. The first kappa shape index (κ1) is 13.5. The van der Waals surface area contributed by atoms with Gasteiger partial charge in [-0.3, -0.25) is 4.79 Å². The van der Waals surface area contributed by atoms with E-state index in [1.807, 2.05) is 20.8 Å². The van der Waals surface area contributed by atoms with Crippen LogP contribution in [0.25, 0.3) is 0 Å². The molecule has 0 aromatic rings. The average Bonchev–Trinajstić information content (AvgIpc) is 2.07. The average molecular weight is 227 g/mol. The molecule has 0 spiro atoms. The van der Waals surface area contributed by atoms with Crippen molar-refractivity contribution < 1.29 is 9.53 Å². The SMILES string of the molecule is CC(C)(C)C(N)CC(=O)OCCC1CCC1. The van der Waals surface area contributed by atoms with Crippen molar-refractivity contribution >= 4 is 5.97 Å². The number of carbonyl (C=O) groups is 1. The van der Waals surface area contributed by atoms with Gasteiger partial charge in [0.2, 0.25) is 0 Å². The normalized spacial score (nSPS) is 19.0. The Morgan fingerprint density at radius 2 is 2.06 bits per heavy atom. The van der Waals surface area contributed by atoms with Crippen molar-refractivity contribution in [2.45, 2.75) is 58.9 Å². The summed E-state index contributed by atoms with van der Waals surface area (Å²) in [6, 6.07) is -0.122. The second kappa shape index (κ2) is 5.67. The maximum atomic E-state index is 11.5. The molecule has 1 rings (SSSR count). The molecule has 1 aliphatic carbocycles. The van der Waals surface area contributed by atoms with Crippen molar-refractivity contribution in [3.8, 4) is 0 Å². The lowest BCUT2D eigenvalue weighted by Gasteiger charge is -2.27. The minimum atomic E-state index is -0.151. The maximum absolute atomic E-state index is 11.5. The maximum Gasteiger partial charge on any atom is 0.307 e. The number of carbonyl (C=O) groups excluding carboxylic acids is 1. The van der Waals surface area contributed by atoms with E-state index < -0.39 is 0 Å². The van der Waals surface area contributed by atoms with Crippen molar-refractivity contribution in [1.82, 2.24) is 0 Å². The van der Waals surface area contributed by atoms with E-state index in [0.717, 1.165) is 12.3 Å². The summed E-state index contributed by atoms with van der Waals surface area (Å²) < 4.78 is 5.20. The second-order valence-electron chi connectivity index (χ2n) is 5.98. The lowest BCUT2D eigenvalue weighted by Crippen LogP contribution is -2.37. The van der Waals surface area contributed by atoms with Gasteiger partial charge < -0.3 is 10.5 Å². The molecule has 1 atom stereocenters. The molecular formula is C13H25NO2. The zero-order chi connectivity index (χ0) is 12.2. The Labute approximate surface area is 98.7 Å². The van der Waals surface area contributed by atoms with Gasteiger partial charge in [-0.1, -0.05) is 40.0 Å². The Kier molecular flexibility index (Phi) is 4.78. The zero-order valence-electron chi connectivity index (χ0n) is 10.8. The van der Waals surface area contributed by atoms with E-state index in [2.05, 4.69) is 0 Å². The van der Waals surface area contributed by atoms with E-state index in [4.69, 9.17) is 10.5 Å². The molecule has 16 heavy (non-hydrogen) atoms. The molecule has 3 heteroatoms. The Balaban J connectivity index is 2.10. The minimum absolute atomic E-state index is 0.0347. The van der Waals surface area contributed by atoms with Crippen LogP contribution in [0.3, 0.4) is 0 Å². The van der Waals surface area contributed by atoms with Gasteiger partial charge in [-0.05, 0) is 17.8 Å². The summed E-state index contributed by atoms with van der Waals surface area (Å²) in [7, 11) is 0. The number of esters is 1. The van der Waals surface area contributed by atoms with E-state index in [1.165, 1.54) is 19.3 Å². The highest BCUT2D eigenvalue weighted by Crippen LogP contribution is 2.29. The van der Waals surface area contributed by atoms with Crippen LogP contribution in [0.1, 0.15) is 52.9 Å². The molecule has 1 saturated carbocycles. The van der Waals surface area contributed by atoms with E-state index in [9.17, 15) is 4.79 Å². The van der Waals surface area contributed by atoms with Gasteiger partial charge in [-0.25, -0.2) is 0 Å². The van der Waals surface area contributed by atoms with Crippen molar-refractivity contribution in [3.05, 3.63) is 0 Å². The Morgan fingerprint density at radius 1 is 1.44 bits per heavy atom. The molecule has 0 amide bonds. The van der Waals surface area contributed by atoms with Crippen molar-refractivity contribution in [2.24, 2.45) is 17.1 Å². The molecule has 0 heterocycles. The predicted octanol–water partition coefficient (Wildman–Crippen LogP) is 2.48. The summed E-state index contributed by atoms with van der Waals surface area (Å²) in [4.78, 5) is 11.5. The van der Waals surface area contributed by atoms with Crippen molar-refractivity contribution in [3.63, 3.8) is 0 Å². The molecule has 1 fully saturated rings. The number of nitrogens with two attached hydrogens (primary N) is 1. The smallest absolute Gasteiger partial charge is 0.307 e. The lowest BCUT2D eigenvalue weighted by molar-refractivity contribution is -0.145. The van der Waals surface area contributed by atoms with Gasteiger partial charge in [-0.15, -0.1) is 0 Å². The molecule has 2 N–H and O–H groups in total. The molecule has 94 valence electrons. The monoisotopic (exact) mass is 227 g/mol. The van der Waals surface area contributed by atoms with Gasteiger partial charge in [0.1, 0.15) is 0 Å². The van der Waals surface area contributed by atoms with Crippen LogP contribution >= 0.6 is 0 Å². The highest BCUT2D eigenvalue weighted by molar-refractivity contribution is 5.70. The van der Waals surface area contributed by atoms with E-state index >= 15 is 0 Å². The molecule has 0 saturated heterocycles. The van der Waals surface area contributed by atoms with Gasteiger partial charge >= 0.3 is 5.97 Å². The van der Waals surface area contributed by atoms with Crippen LogP contribution in [-0.2, 0) is 9.53 Å². The van der Waals surface area contributed by atoms with Gasteiger partial charge in [0.15, 0.2) is 0 Å². The van der Waals surface area contributed by atoms with Crippen LogP contribution in [0.15, 0.2) is 0 Å². The fraction of sp³-hybridized carbons (Fsp3) is 0.923. The molecule has 0 radical (unpaired) electrons.